The van der Waals surface area contributed by atoms with E-state index in [0.717, 1.165) is 0 Å². The number of carbonyl (C=O) groups excluding carboxylic acids is 2. The fraction of sp³-hybridized carbons (Fsp3) is 0.556. The van der Waals surface area contributed by atoms with Crippen LogP contribution in [0.5, 0.6) is 0 Å². The lowest BCUT2D eigenvalue weighted by molar-refractivity contribution is -0.141. The van der Waals surface area contributed by atoms with Crippen molar-refractivity contribution in [1.29, 1.82) is 0 Å². The van der Waals surface area contributed by atoms with Gasteiger partial charge in [0.05, 0.1) is 7.11 Å². The Labute approximate surface area is 83.3 Å². The number of rotatable bonds is 5. The molecule has 1 amide bonds. The van der Waals surface area contributed by atoms with Crippen molar-refractivity contribution in [2.75, 3.05) is 26.8 Å². The molecule has 0 bridgehead atoms. The second-order valence-electron chi connectivity index (χ2n) is 2.46. The van der Waals surface area contributed by atoms with Crippen LogP contribution in [0.2, 0.25) is 0 Å². The van der Waals surface area contributed by atoms with Crippen LogP contribution in [0.4, 0.5) is 4.79 Å². The van der Waals surface area contributed by atoms with Gasteiger partial charge in [-0.25, -0.2) is 4.79 Å². The van der Waals surface area contributed by atoms with Crippen molar-refractivity contribution < 1.29 is 19.1 Å². The topological polar surface area (TPSA) is 55.8 Å². The van der Waals surface area contributed by atoms with Gasteiger partial charge in [0.1, 0.15) is 13.2 Å². The number of hydrogen-bond acceptors (Lipinski definition) is 4. The lowest BCUT2D eigenvalue weighted by Gasteiger charge is -2.18. The van der Waals surface area contributed by atoms with E-state index >= 15 is 0 Å². The van der Waals surface area contributed by atoms with Gasteiger partial charge in [0.25, 0.3) is 0 Å². The van der Waals surface area contributed by atoms with E-state index in [4.69, 9.17) is 4.74 Å². The van der Waals surface area contributed by atoms with Gasteiger partial charge < -0.3 is 9.47 Å². The summed E-state index contributed by atoms with van der Waals surface area (Å²) in [6, 6.07) is 0. The second kappa shape index (κ2) is 6.94. The van der Waals surface area contributed by atoms with E-state index in [-0.39, 0.29) is 13.2 Å². The van der Waals surface area contributed by atoms with Crippen molar-refractivity contribution in [2.24, 2.45) is 0 Å². The number of ether oxygens (including phenoxy) is 2. The molecule has 0 unspecified atom stereocenters. The average Bonchev–Trinajstić information content (AvgIpc) is 2.21. The van der Waals surface area contributed by atoms with E-state index in [9.17, 15) is 9.59 Å². The number of esters is 1. The van der Waals surface area contributed by atoms with Crippen molar-refractivity contribution in [3.8, 4) is 0 Å². The third kappa shape index (κ3) is 4.49. The third-order valence-electron chi connectivity index (χ3n) is 1.51. The van der Waals surface area contributed by atoms with Crippen molar-refractivity contribution in [3.05, 3.63) is 12.7 Å². The maximum Gasteiger partial charge on any atom is 0.410 e. The van der Waals surface area contributed by atoms with Crippen LogP contribution in [-0.4, -0.2) is 43.8 Å². The summed E-state index contributed by atoms with van der Waals surface area (Å²) in [7, 11) is 1.27. The first-order valence-electron chi connectivity index (χ1n) is 4.25. The Morgan fingerprint density at radius 2 is 2.14 bits per heavy atom. The maximum atomic E-state index is 11.2. The molecule has 0 aromatic heterocycles. The summed E-state index contributed by atoms with van der Waals surface area (Å²) < 4.78 is 9.18. The predicted octanol–water partition coefficient (Wildman–Crippen LogP) is 0.804. The first kappa shape index (κ1) is 12.5. The fourth-order valence-electron chi connectivity index (χ4n) is 0.747. The Morgan fingerprint density at radius 3 is 2.57 bits per heavy atom. The summed E-state index contributed by atoms with van der Waals surface area (Å²) in [4.78, 5) is 23.3. The first-order valence-corrected chi connectivity index (χ1v) is 4.25. The van der Waals surface area contributed by atoms with E-state index in [2.05, 4.69) is 11.3 Å². The highest BCUT2D eigenvalue weighted by Crippen LogP contribution is 1.94. The van der Waals surface area contributed by atoms with Gasteiger partial charge in [0.2, 0.25) is 0 Å². The van der Waals surface area contributed by atoms with Crippen LogP contribution in [0.1, 0.15) is 6.92 Å². The van der Waals surface area contributed by atoms with Crippen molar-refractivity contribution in [3.63, 3.8) is 0 Å². The van der Waals surface area contributed by atoms with E-state index in [1.165, 1.54) is 18.1 Å². The molecule has 80 valence electrons. The molecule has 0 radical (unpaired) electrons. The Morgan fingerprint density at radius 1 is 1.50 bits per heavy atom. The smallest absolute Gasteiger partial charge is 0.410 e. The van der Waals surface area contributed by atoms with Gasteiger partial charge in [-0.15, -0.1) is 0 Å². The number of methoxy groups -OCH3 is 1. The minimum Gasteiger partial charge on any atom is -0.468 e. The molecule has 0 aliphatic heterocycles. The molecule has 0 saturated heterocycles. The maximum absolute atomic E-state index is 11.2. The lowest BCUT2D eigenvalue weighted by atomic mass is 10.5. The van der Waals surface area contributed by atoms with Gasteiger partial charge in [-0.1, -0.05) is 12.7 Å². The SMILES string of the molecule is C=CCOC(=O)N(CC)CC(=O)OC. The molecule has 0 aromatic rings. The number of carbonyl (C=O) groups is 2. The van der Waals surface area contributed by atoms with Gasteiger partial charge in [-0.2, -0.15) is 0 Å². The first-order chi connectivity index (χ1) is 6.65. The summed E-state index contributed by atoms with van der Waals surface area (Å²) in [6.07, 6.45) is 0.918. The zero-order valence-corrected chi connectivity index (χ0v) is 8.49. The van der Waals surface area contributed by atoms with Crippen LogP contribution in [0, 0.1) is 0 Å². The van der Waals surface area contributed by atoms with Crippen molar-refractivity contribution in [1.82, 2.24) is 4.90 Å². The molecule has 0 saturated carbocycles. The summed E-state index contributed by atoms with van der Waals surface area (Å²) in [5.41, 5.74) is 0. The average molecular weight is 201 g/mol. The summed E-state index contributed by atoms with van der Waals surface area (Å²) >= 11 is 0. The van der Waals surface area contributed by atoms with Gasteiger partial charge in [-0.3, -0.25) is 9.69 Å². The number of nitrogens with zero attached hydrogens (tertiary/aromatic N) is 1. The monoisotopic (exact) mass is 201 g/mol. The van der Waals surface area contributed by atoms with Crippen molar-refractivity contribution in [2.45, 2.75) is 6.92 Å². The largest absolute Gasteiger partial charge is 0.468 e. The van der Waals surface area contributed by atoms with Crippen LogP contribution in [-0.2, 0) is 14.3 Å². The molecule has 14 heavy (non-hydrogen) atoms. The third-order valence-corrected chi connectivity index (χ3v) is 1.51. The van der Waals surface area contributed by atoms with Gasteiger partial charge >= 0.3 is 12.1 Å². The van der Waals surface area contributed by atoms with Gasteiger partial charge in [0.15, 0.2) is 0 Å². The Balaban J connectivity index is 4.04. The predicted molar refractivity (Wildman–Crippen MR) is 50.8 cm³/mol. The van der Waals surface area contributed by atoms with Crippen LogP contribution in [0.25, 0.3) is 0 Å². The van der Waals surface area contributed by atoms with E-state index in [1.807, 2.05) is 0 Å². The number of amides is 1. The highest BCUT2D eigenvalue weighted by molar-refractivity contribution is 5.77. The molecule has 0 aliphatic rings. The molecule has 5 heteroatoms. The van der Waals surface area contributed by atoms with E-state index in [1.54, 1.807) is 6.92 Å². The molecule has 0 rings (SSSR count). The molecular formula is C9H15NO4. The Bertz CT molecular complexity index is 215. The fourth-order valence-corrected chi connectivity index (χ4v) is 0.747. The molecule has 0 aromatic carbocycles. The van der Waals surface area contributed by atoms with Crippen LogP contribution < -0.4 is 0 Å². The number of hydrogen-bond donors (Lipinski definition) is 0. The second-order valence-corrected chi connectivity index (χ2v) is 2.46. The number of likely N-dealkylation sites (N-methyl/N-ethyl adjacent to an activating group) is 1. The minimum absolute atomic E-state index is 0.0943. The normalized spacial score (nSPS) is 9.00. The molecule has 0 spiro atoms. The molecule has 0 aliphatic carbocycles. The molecule has 0 atom stereocenters. The zero-order chi connectivity index (χ0) is 11.0. The van der Waals surface area contributed by atoms with E-state index < -0.39 is 12.1 Å². The van der Waals surface area contributed by atoms with Crippen molar-refractivity contribution >= 4 is 12.1 Å². The molecule has 5 nitrogen and oxygen atoms in total. The lowest BCUT2D eigenvalue weighted by Crippen LogP contribution is -2.36. The van der Waals surface area contributed by atoms with Gasteiger partial charge in [0, 0.05) is 6.54 Å². The molecule has 0 fully saturated rings. The molecular weight excluding hydrogens is 186 g/mol. The van der Waals surface area contributed by atoms with E-state index in [0.29, 0.717) is 6.54 Å². The molecule has 0 heterocycles. The Hall–Kier alpha value is -1.52. The summed E-state index contributed by atoms with van der Waals surface area (Å²) in [5, 5.41) is 0. The summed E-state index contributed by atoms with van der Waals surface area (Å²) in [6.45, 7) is 5.59. The Kier molecular flexibility index (Phi) is 6.19. The van der Waals surface area contributed by atoms with Crippen LogP contribution in [0.15, 0.2) is 12.7 Å². The minimum atomic E-state index is -0.544. The van der Waals surface area contributed by atoms with Gasteiger partial charge in [-0.05, 0) is 6.92 Å². The summed E-state index contributed by atoms with van der Waals surface area (Å²) in [5.74, 6) is -0.470. The standard InChI is InChI=1S/C9H15NO4/c1-4-6-14-9(12)10(5-2)7-8(11)13-3/h4H,1,5-7H2,2-3H3. The highest BCUT2D eigenvalue weighted by atomic mass is 16.6. The quantitative estimate of drug-likeness (QED) is 0.487. The highest BCUT2D eigenvalue weighted by Gasteiger charge is 2.16. The zero-order valence-electron chi connectivity index (χ0n) is 8.49. The van der Waals surface area contributed by atoms with Crippen LogP contribution >= 0.6 is 0 Å². The molecule has 0 N–H and O–H groups in total. The van der Waals surface area contributed by atoms with Crippen LogP contribution in [0.3, 0.4) is 0 Å².